The topological polar surface area (TPSA) is 12.0 Å². The van der Waals surface area contributed by atoms with Crippen LogP contribution < -0.4 is 5.32 Å². The molecule has 15 heavy (non-hydrogen) atoms. The van der Waals surface area contributed by atoms with Crippen molar-refractivity contribution in [3.8, 4) is 0 Å². The molecule has 2 heteroatoms. The van der Waals surface area contributed by atoms with E-state index in [-0.39, 0.29) is 5.82 Å². The summed E-state index contributed by atoms with van der Waals surface area (Å²) in [5, 5.41) is 3.42. The summed E-state index contributed by atoms with van der Waals surface area (Å²) < 4.78 is 12.9. The van der Waals surface area contributed by atoms with Crippen molar-refractivity contribution in [3.05, 3.63) is 41.7 Å². The van der Waals surface area contributed by atoms with Gasteiger partial charge < -0.3 is 5.32 Å². The standard InChI is InChI=1S/C13H16FN/c14-12-5-3-4-11(10-12)7-8-13-6-1-2-9-15-13/h3-5,7-8,10,13,15H,1-2,6,9H2/b8-7+. The van der Waals surface area contributed by atoms with Crippen LogP contribution in [-0.4, -0.2) is 12.6 Å². The number of benzene rings is 1. The van der Waals surface area contributed by atoms with Crippen LogP contribution in [0.5, 0.6) is 0 Å². The first kappa shape index (κ1) is 10.4. The monoisotopic (exact) mass is 205 g/mol. The molecule has 80 valence electrons. The third-order valence-electron chi connectivity index (χ3n) is 2.72. The first-order valence-corrected chi connectivity index (χ1v) is 5.52. The Morgan fingerprint density at radius 2 is 2.27 bits per heavy atom. The number of piperidine rings is 1. The van der Waals surface area contributed by atoms with E-state index in [2.05, 4.69) is 11.4 Å². The maximum atomic E-state index is 12.9. The highest BCUT2D eigenvalue weighted by Gasteiger charge is 2.08. The maximum Gasteiger partial charge on any atom is 0.123 e. The molecule has 0 aliphatic carbocycles. The normalized spacial score (nSPS) is 22.1. The molecule has 1 unspecified atom stereocenters. The van der Waals surface area contributed by atoms with Crippen LogP contribution in [0.4, 0.5) is 4.39 Å². The van der Waals surface area contributed by atoms with Gasteiger partial charge >= 0.3 is 0 Å². The Morgan fingerprint density at radius 3 is 3.00 bits per heavy atom. The Morgan fingerprint density at radius 1 is 1.33 bits per heavy atom. The van der Waals surface area contributed by atoms with Crippen molar-refractivity contribution in [1.29, 1.82) is 0 Å². The van der Waals surface area contributed by atoms with Crippen LogP contribution >= 0.6 is 0 Å². The van der Waals surface area contributed by atoms with Gasteiger partial charge in [-0.15, -0.1) is 0 Å². The van der Waals surface area contributed by atoms with E-state index in [1.54, 1.807) is 12.1 Å². The van der Waals surface area contributed by atoms with Crippen molar-refractivity contribution >= 4 is 6.08 Å². The smallest absolute Gasteiger partial charge is 0.123 e. The van der Waals surface area contributed by atoms with Crippen LogP contribution in [0.25, 0.3) is 6.08 Å². The number of hydrogen-bond donors (Lipinski definition) is 1. The highest BCUT2D eigenvalue weighted by atomic mass is 19.1. The average Bonchev–Trinajstić information content (AvgIpc) is 2.28. The van der Waals surface area contributed by atoms with E-state index in [9.17, 15) is 4.39 Å². The maximum absolute atomic E-state index is 12.9. The van der Waals surface area contributed by atoms with Crippen molar-refractivity contribution in [2.24, 2.45) is 0 Å². The van der Waals surface area contributed by atoms with Crippen LogP contribution in [0, 0.1) is 5.82 Å². The molecular weight excluding hydrogens is 189 g/mol. The van der Waals surface area contributed by atoms with E-state index < -0.39 is 0 Å². The number of hydrogen-bond acceptors (Lipinski definition) is 1. The molecule has 2 rings (SSSR count). The van der Waals surface area contributed by atoms with Gasteiger partial charge in [0.15, 0.2) is 0 Å². The van der Waals surface area contributed by atoms with Crippen LogP contribution in [0.15, 0.2) is 30.3 Å². The van der Waals surface area contributed by atoms with Gasteiger partial charge in [-0.25, -0.2) is 4.39 Å². The SMILES string of the molecule is Fc1cccc(/C=C/C2CCCCN2)c1. The lowest BCUT2D eigenvalue weighted by Gasteiger charge is -2.19. The van der Waals surface area contributed by atoms with Gasteiger partial charge in [0, 0.05) is 6.04 Å². The summed E-state index contributed by atoms with van der Waals surface area (Å²) in [5.41, 5.74) is 0.933. The predicted octanol–water partition coefficient (Wildman–Crippen LogP) is 2.98. The highest BCUT2D eigenvalue weighted by molar-refractivity contribution is 5.49. The van der Waals surface area contributed by atoms with Gasteiger partial charge in [0.1, 0.15) is 5.82 Å². The van der Waals surface area contributed by atoms with Crippen LogP contribution in [0.1, 0.15) is 24.8 Å². The molecule has 1 aliphatic rings. The van der Waals surface area contributed by atoms with Crippen molar-refractivity contribution in [3.63, 3.8) is 0 Å². The van der Waals surface area contributed by atoms with Crippen LogP contribution in [0.3, 0.4) is 0 Å². The second-order valence-corrected chi connectivity index (χ2v) is 3.97. The molecule has 0 saturated carbocycles. The minimum Gasteiger partial charge on any atom is -0.311 e. The molecule has 0 amide bonds. The fourth-order valence-electron chi connectivity index (χ4n) is 1.88. The summed E-state index contributed by atoms with van der Waals surface area (Å²) in [6.07, 6.45) is 7.86. The van der Waals surface area contributed by atoms with Gasteiger partial charge in [0.25, 0.3) is 0 Å². The molecular formula is C13H16FN. The minimum absolute atomic E-state index is 0.172. The van der Waals surface area contributed by atoms with Crippen molar-refractivity contribution < 1.29 is 4.39 Å². The molecule has 0 spiro atoms. The zero-order chi connectivity index (χ0) is 10.5. The molecule has 0 radical (unpaired) electrons. The number of rotatable bonds is 2. The lowest BCUT2D eigenvalue weighted by Crippen LogP contribution is -2.31. The van der Waals surface area contributed by atoms with Crippen LogP contribution in [0.2, 0.25) is 0 Å². The molecule has 1 aromatic carbocycles. The molecule has 1 atom stereocenters. The van der Waals surface area contributed by atoms with Gasteiger partial charge in [-0.2, -0.15) is 0 Å². The van der Waals surface area contributed by atoms with Crippen molar-refractivity contribution in [2.45, 2.75) is 25.3 Å². The van der Waals surface area contributed by atoms with Gasteiger partial charge in [-0.3, -0.25) is 0 Å². The molecule has 1 N–H and O–H groups in total. The molecule has 0 aromatic heterocycles. The fraction of sp³-hybridized carbons (Fsp3) is 0.385. The van der Waals surface area contributed by atoms with E-state index >= 15 is 0 Å². The molecule has 0 bridgehead atoms. The molecule has 1 saturated heterocycles. The molecule has 1 nitrogen and oxygen atoms in total. The van der Waals surface area contributed by atoms with E-state index in [4.69, 9.17) is 0 Å². The molecule has 1 aromatic rings. The highest BCUT2D eigenvalue weighted by Crippen LogP contribution is 2.11. The lowest BCUT2D eigenvalue weighted by atomic mass is 10.0. The minimum atomic E-state index is -0.172. The summed E-state index contributed by atoms with van der Waals surface area (Å²) in [4.78, 5) is 0. The third-order valence-corrected chi connectivity index (χ3v) is 2.72. The zero-order valence-corrected chi connectivity index (χ0v) is 8.75. The first-order valence-electron chi connectivity index (χ1n) is 5.52. The van der Waals surface area contributed by atoms with E-state index in [0.29, 0.717) is 6.04 Å². The predicted molar refractivity (Wildman–Crippen MR) is 61.1 cm³/mol. The fourth-order valence-corrected chi connectivity index (χ4v) is 1.88. The Hall–Kier alpha value is -1.15. The van der Waals surface area contributed by atoms with E-state index in [0.717, 1.165) is 12.1 Å². The summed E-state index contributed by atoms with van der Waals surface area (Å²) in [5.74, 6) is -0.172. The summed E-state index contributed by atoms with van der Waals surface area (Å²) in [7, 11) is 0. The first-order chi connectivity index (χ1) is 7.34. The summed E-state index contributed by atoms with van der Waals surface area (Å²) in [6, 6.07) is 7.14. The van der Waals surface area contributed by atoms with Crippen molar-refractivity contribution in [1.82, 2.24) is 5.32 Å². The van der Waals surface area contributed by atoms with Crippen LogP contribution in [-0.2, 0) is 0 Å². The average molecular weight is 205 g/mol. The van der Waals surface area contributed by atoms with Gasteiger partial charge in [-0.1, -0.05) is 30.7 Å². The lowest BCUT2D eigenvalue weighted by molar-refractivity contribution is 0.455. The van der Waals surface area contributed by atoms with Gasteiger partial charge in [-0.05, 0) is 37.1 Å². The Labute approximate surface area is 90.0 Å². The molecule has 1 fully saturated rings. The van der Waals surface area contributed by atoms with E-state index in [1.165, 1.54) is 25.3 Å². The van der Waals surface area contributed by atoms with Gasteiger partial charge in [0.05, 0.1) is 0 Å². The van der Waals surface area contributed by atoms with Crippen molar-refractivity contribution in [2.75, 3.05) is 6.54 Å². The summed E-state index contributed by atoms with van der Waals surface area (Å²) >= 11 is 0. The number of nitrogens with one attached hydrogen (secondary N) is 1. The second-order valence-electron chi connectivity index (χ2n) is 3.97. The summed E-state index contributed by atoms with van der Waals surface area (Å²) in [6.45, 7) is 1.10. The van der Waals surface area contributed by atoms with E-state index in [1.807, 2.05) is 12.1 Å². The zero-order valence-electron chi connectivity index (χ0n) is 8.75. The molecule has 1 heterocycles. The van der Waals surface area contributed by atoms with Gasteiger partial charge in [0.2, 0.25) is 0 Å². The Kier molecular flexibility index (Phi) is 3.51. The second kappa shape index (κ2) is 5.08. The quantitative estimate of drug-likeness (QED) is 0.782. The Balaban J connectivity index is 1.97. The largest absolute Gasteiger partial charge is 0.311 e. The number of halogens is 1. The molecule has 1 aliphatic heterocycles. The Bertz CT molecular complexity index is 340. The third kappa shape index (κ3) is 3.17.